The molecule has 1 aromatic carbocycles. The minimum Gasteiger partial charge on any atom is -0.480 e. The van der Waals surface area contributed by atoms with Gasteiger partial charge in [-0.25, -0.2) is 14.4 Å². The van der Waals surface area contributed by atoms with Gasteiger partial charge in [0.25, 0.3) is 0 Å². The molecule has 0 unspecified atom stereocenters. The molecule has 0 saturated heterocycles. The Labute approximate surface area is 175 Å². The number of methoxy groups -OCH3 is 1. The molecule has 1 aliphatic heterocycles. The Kier molecular flexibility index (Phi) is 4.17. The maximum atomic E-state index is 14.2. The summed E-state index contributed by atoms with van der Waals surface area (Å²) in [7, 11) is 1.64. The van der Waals surface area contributed by atoms with Crippen LogP contribution in [0.15, 0.2) is 36.5 Å². The summed E-state index contributed by atoms with van der Waals surface area (Å²) in [4.78, 5) is 9.77. The highest BCUT2D eigenvalue weighted by Gasteiger charge is 2.26. The summed E-state index contributed by atoms with van der Waals surface area (Å²) >= 11 is 0. The van der Waals surface area contributed by atoms with Gasteiger partial charge in [0.1, 0.15) is 5.82 Å². The van der Waals surface area contributed by atoms with E-state index in [1.54, 1.807) is 13.2 Å². The van der Waals surface area contributed by atoms with Gasteiger partial charge in [0.05, 0.1) is 29.4 Å². The number of aryl methyl sites for hydroxylation is 1. The Morgan fingerprint density at radius 1 is 1.07 bits per heavy atom. The van der Waals surface area contributed by atoms with E-state index in [0.29, 0.717) is 11.8 Å². The number of ether oxygens (including phenoxy) is 1. The summed E-state index contributed by atoms with van der Waals surface area (Å²) < 4.78 is 22.1. The SMILES string of the molecule is COc1nc(C(C)C)ccc1-c1nc2c(C)cn3c2c(c1C)-c1cc(F)ccc1C3. The highest BCUT2D eigenvalue weighted by atomic mass is 19.1. The number of halogens is 1. The van der Waals surface area contributed by atoms with E-state index in [4.69, 9.17) is 14.7 Å². The fourth-order valence-electron chi connectivity index (χ4n) is 4.51. The molecule has 30 heavy (non-hydrogen) atoms. The monoisotopic (exact) mass is 401 g/mol. The number of aromatic nitrogens is 3. The molecule has 1 aliphatic rings. The molecule has 0 aliphatic carbocycles. The van der Waals surface area contributed by atoms with Crippen LogP contribution >= 0.6 is 0 Å². The molecule has 0 bridgehead atoms. The summed E-state index contributed by atoms with van der Waals surface area (Å²) in [5, 5.41) is 0. The van der Waals surface area contributed by atoms with Crippen LogP contribution < -0.4 is 4.74 Å². The Bertz CT molecular complexity index is 1320. The number of pyridine rings is 2. The van der Waals surface area contributed by atoms with Gasteiger partial charge in [-0.05, 0) is 66.3 Å². The lowest BCUT2D eigenvalue weighted by Gasteiger charge is -2.23. The predicted molar refractivity (Wildman–Crippen MR) is 118 cm³/mol. The average Bonchev–Trinajstić information content (AvgIpc) is 3.04. The van der Waals surface area contributed by atoms with Crippen LogP contribution in [0.4, 0.5) is 4.39 Å². The van der Waals surface area contributed by atoms with Crippen LogP contribution in [-0.2, 0) is 6.54 Å². The van der Waals surface area contributed by atoms with Gasteiger partial charge in [0.2, 0.25) is 5.88 Å². The summed E-state index contributed by atoms with van der Waals surface area (Å²) in [6.07, 6.45) is 2.13. The molecule has 0 radical (unpaired) electrons. The molecule has 0 fully saturated rings. The van der Waals surface area contributed by atoms with E-state index in [1.165, 1.54) is 6.07 Å². The molecule has 4 nitrogen and oxygen atoms in total. The van der Waals surface area contributed by atoms with Crippen LogP contribution in [0.5, 0.6) is 5.88 Å². The zero-order chi connectivity index (χ0) is 21.2. The van der Waals surface area contributed by atoms with E-state index in [0.717, 1.165) is 62.3 Å². The number of benzene rings is 1. The summed E-state index contributed by atoms with van der Waals surface area (Å²) in [6, 6.07) is 9.13. The topological polar surface area (TPSA) is 39.9 Å². The first-order valence-corrected chi connectivity index (χ1v) is 10.2. The largest absolute Gasteiger partial charge is 0.480 e. The minimum atomic E-state index is -0.225. The third-order valence-corrected chi connectivity index (χ3v) is 6.03. The zero-order valence-electron chi connectivity index (χ0n) is 17.9. The normalized spacial score (nSPS) is 12.5. The van der Waals surface area contributed by atoms with Crippen LogP contribution in [0.25, 0.3) is 33.4 Å². The van der Waals surface area contributed by atoms with Crippen LogP contribution in [-0.4, -0.2) is 21.6 Å². The second-order valence-corrected chi connectivity index (χ2v) is 8.35. The van der Waals surface area contributed by atoms with Gasteiger partial charge in [-0.2, -0.15) is 0 Å². The van der Waals surface area contributed by atoms with E-state index in [1.807, 2.05) is 18.2 Å². The van der Waals surface area contributed by atoms with Gasteiger partial charge >= 0.3 is 0 Å². The second-order valence-electron chi connectivity index (χ2n) is 8.35. The van der Waals surface area contributed by atoms with Gasteiger partial charge in [-0.15, -0.1) is 0 Å². The molecule has 0 N–H and O–H groups in total. The molecule has 4 aromatic rings. The molecule has 0 atom stereocenters. The maximum Gasteiger partial charge on any atom is 0.222 e. The van der Waals surface area contributed by atoms with Gasteiger partial charge in [-0.3, -0.25) is 0 Å². The number of rotatable bonds is 3. The second kappa shape index (κ2) is 6.66. The molecular weight excluding hydrogens is 377 g/mol. The van der Waals surface area contributed by atoms with Crippen molar-refractivity contribution < 1.29 is 9.13 Å². The van der Waals surface area contributed by atoms with E-state index in [2.05, 4.69) is 38.5 Å². The van der Waals surface area contributed by atoms with Crippen molar-refractivity contribution in [2.45, 2.75) is 40.2 Å². The first-order chi connectivity index (χ1) is 14.4. The lowest BCUT2D eigenvalue weighted by molar-refractivity contribution is 0.397. The van der Waals surface area contributed by atoms with Crippen LogP contribution in [0.2, 0.25) is 0 Å². The predicted octanol–water partition coefficient (Wildman–Crippen LogP) is 6.01. The van der Waals surface area contributed by atoms with Gasteiger partial charge in [0, 0.05) is 24.0 Å². The van der Waals surface area contributed by atoms with Crippen LogP contribution in [0, 0.1) is 19.7 Å². The van der Waals surface area contributed by atoms with E-state index < -0.39 is 0 Å². The summed E-state index contributed by atoms with van der Waals surface area (Å²) in [5.74, 6) is 0.643. The highest BCUT2D eigenvalue weighted by Crippen LogP contribution is 2.44. The Morgan fingerprint density at radius 2 is 1.87 bits per heavy atom. The number of hydrogen-bond donors (Lipinski definition) is 0. The number of hydrogen-bond acceptors (Lipinski definition) is 3. The standard InChI is InChI=1S/C25H24FN3O/c1-13(2)20-9-8-18(25(27-20)30-5)23-15(4)21-19-10-17(26)7-6-16(19)12-29-11-14(3)22(28-23)24(21)29/h6-11,13H,12H2,1-5H3. The number of fused-ring (bicyclic) bond motifs is 2. The molecule has 0 amide bonds. The minimum absolute atomic E-state index is 0.225. The van der Waals surface area contributed by atoms with Gasteiger partial charge in [0.15, 0.2) is 0 Å². The van der Waals surface area contributed by atoms with Crippen molar-refractivity contribution in [1.82, 2.24) is 14.5 Å². The fourth-order valence-corrected chi connectivity index (χ4v) is 4.51. The van der Waals surface area contributed by atoms with Crippen LogP contribution in [0.3, 0.4) is 0 Å². The lowest BCUT2D eigenvalue weighted by atomic mass is 9.90. The van der Waals surface area contributed by atoms with Gasteiger partial charge in [-0.1, -0.05) is 19.9 Å². The zero-order valence-corrected chi connectivity index (χ0v) is 17.9. The van der Waals surface area contributed by atoms with Crippen molar-refractivity contribution >= 4 is 11.0 Å². The van der Waals surface area contributed by atoms with E-state index in [9.17, 15) is 4.39 Å². The van der Waals surface area contributed by atoms with E-state index >= 15 is 0 Å². The lowest BCUT2D eigenvalue weighted by Crippen LogP contribution is -2.09. The van der Waals surface area contributed by atoms with Crippen molar-refractivity contribution in [3.63, 3.8) is 0 Å². The molecule has 5 heteroatoms. The smallest absolute Gasteiger partial charge is 0.222 e. The van der Waals surface area contributed by atoms with Crippen molar-refractivity contribution in [2.75, 3.05) is 7.11 Å². The Morgan fingerprint density at radius 3 is 2.60 bits per heavy atom. The maximum absolute atomic E-state index is 14.2. The third kappa shape index (κ3) is 2.65. The highest BCUT2D eigenvalue weighted by molar-refractivity contribution is 6.01. The molecule has 152 valence electrons. The van der Waals surface area contributed by atoms with Crippen molar-refractivity contribution in [3.05, 3.63) is 64.7 Å². The molecule has 0 saturated carbocycles. The molecular formula is C25H24FN3O. The fraction of sp³-hybridized carbons (Fsp3) is 0.280. The van der Waals surface area contributed by atoms with Crippen LogP contribution in [0.1, 0.15) is 42.1 Å². The average molecular weight is 401 g/mol. The first kappa shape index (κ1) is 18.8. The van der Waals surface area contributed by atoms with E-state index in [-0.39, 0.29) is 5.82 Å². The Hall–Kier alpha value is -3.21. The molecule has 3 aromatic heterocycles. The van der Waals surface area contributed by atoms with Crippen molar-refractivity contribution in [3.8, 4) is 28.3 Å². The van der Waals surface area contributed by atoms with Gasteiger partial charge < -0.3 is 9.30 Å². The molecule has 4 heterocycles. The Balaban J connectivity index is 1.86. The third-order valence-electron chi connectivity index (χ3n) is 6.03. The van der Waals surface area contributed by atoms with Crippen molar-refractivity contribution in [1.29, 1.82) is 0 Å². The van der Waals surface area contributed by atoms with Crippen molar-refractivity contribution in [2.24, 2.45) is 0 Å². The number of nitrogens with zero attached hydrogens (tertiary/aromatic N) is 3. The summed E-state index contributed by atoms with van der Waals surface area (Å²) in [6.45, 7) is 9.07. The first-order valence-electron chi connectivity index (χ1n) is 10.2. The summed E-state index contributed by atoms with van der Waals surface area (Å²) in [5.41, 5.74) is 9.87. The quantitative estimate of drug-likeness (QED) is 0.371. The molecule has 0 spiro atoms. The molecule has 5 rings (SSSR count).